The van der Waals surface area contributed by atoms with Crippen molar-refractivity contribution >= 4 is 21.7 Å². The van der Waals surface area contributed by atoms with Gasteiger partial charge in [-0.05, 0) is 81.0 Å². The van der Waals surface area contributed by atoms with Crippen LogP contribution in [0.2, 0.25) is 0 Å². The Bertz CT molecular complexity index is 1790. The molecule has 0 saturated heterocycles. The van der Waals surface area contributed by atoms with Gasteiger partial charge in [-0.25, -0.2) is 0 Å². The third kappa shape index (κ3) is 6.00. The summed E-state index contributed by atoms with van der Waals surface area (Å²) in [5, 5.41) is 25.5. The average molecular weight is 580 g/mol. The summed E-state index contributed by atoms with van der Waals surface area (Å²) in [5.74, 6) is 0.641. The molecule has 0 radical (unpaired) electrons. The minimum absolute atomic E-state index is 0.130. The van der Waals surface area contributed by atoms with Gasteiger partial charge in [0.25, 0.3) is 0 Å². The van der Waals surface area contributed by atoms with Gasteiger partial charge in [-0.1, -0.05) is 24.3 Å². The predicted octanol–water partition coefficient (Wildman–Crippen LogP) is 6.63. The van der Waals surface area contributed by atoms with Crippen molar-refractivity contribution in [2.24, 2.45) is 0 Å². The van der Waals surface area contributed by atoms with Crippen LogP contribution >= 0.6 is 0 Å². The van der Waals surface area contributed by atoms with Crippen LogP contribution in [0.5, 0.6) is 17.5 Å². The summed E-state index contributed by atoms with van der Waals surface area (Å²) in [7, 11) is 7.14. The molecule has 0 spiro atoms. The third-order valence-corrected chi connectivity index (χ3v) is 7.69. The van der Waals surface area contributed by atoms with Gasteiger partial charge in [-0.3, -0.25) is 0 Å². The number of nitrogens with zero attached hydrogens (tertiary/aromatic N) is 3. The highest BCUT2D eigenvalue weighted by Gasteiger charge is 2.44. The molecule has 5 aromatic rings. The number of pyridine rings is 1. The van der Waals surface area contributed by atoms with E-state index in [0.29, 0.717) is 47.2 Å². The van der Waals surface area contributed by atoms with Crippen LogP contribution in [-0.4, -0.2) is 56.0 Å². The number of aliphatic hydroxyl groups is 1. The number of aromatic nitrogens is 1. The van der Waals surface area contributed by atoms with Crippen LogP contribution in [0.1, 0.15) is 48.4 Å². The highest BCUT2D eigenvalue weighted by molar-refractivity contribution is 5.87. The molecule has 0 bridgehead atoms. The number of furan rings is 1. The summed E-state index contributed by atoms with van der Waals surface area (Å²) in [6, 6.07) is 23.1. The van der Waals surface area contributed by atoms with Gasteiger partial charge in [-0.2, -0.15) is 10.2 Å². The molecule has 1 N–H and O–H groups in total. The van der Waals surface area contributed by atoms with Crippen molar-refractivity contribution in [1.29, 1.82) is 5.26 Å². The van der Waals surface area contributed by atoms with Gasteiger partial charge >= 0.3 is 0 Å². The van der Waals surface area contributed by atoms with E-state index in [1.54, 1.807) is 26.5 Å². The lowest BCUT2D eigenvalue weighted by Crippen LogP contribution is -2.38. The summed E-state index contributed by atoms with van der Waals surface area (Å²) in [4.78, 5) is 6.58. The molecule has 2 heterocycles. The molecule has 5 rings (SSSR count). The Morgan fingerprint density at radius 2 is 1.74 bits per heavy atom. The fraction of sp³-hybridized carbons (Fsp3) is 0.314. The highest BCUT2D eigenvalue weighted by Crippen LogP contribution is 2.50. The summed E-state index contributed by atoms with van der Waals surface area (Å²) in [5.41, 5.74) is 1.76. The van der Waals surface area contributed by atoms with Crippen LogP contribution in [0.15, 0.2) is 77.4 Å². The second kappa shape index (κ2) is 12.3. The quantitative estimate of drug-likeness (QED) is 0.186. The summed E-state index contributed by atoms with van der Waals surface area (Å²) in [6.45, 7) is 4.45. The van der Waals surface area contributed by atoms with Gasteiger partial charge in [0.2, 0.25) is 11.8 Å². The molecule has 0 aliphatic heterocycles. The lowest BCUT2D eigenvalue weighted by molar-refractivity contribution is 0.00441. The predicted molar refractivity (Wildman–Crippen MR) is 167 cm³/mol. The number of rotatable bonds is 11. The average Bonchev–Trinajstić information content (AvgIpc) is 3.48. The molecule has 0 aliphatic rings. The number of fused-ring (bicyclic) bond motifs is 2. The van der Waals surface area contributed by atoms with Gasteiger partial charge in [0.15, 0.2) is 0 Å². The van der Waals surface area contributed by atoms with E-state index in [1.165, 1.54) is 0 Å². The smallest absolute Gasteiger partial charge is 0.217 e. The summed E-state index contributed by atoms with van der Waals surface area (Å²) in [6.07, 6.45) is 1.86. The first-order valence-electron chi connectivity index (χ1n) is 14.2. The lowest BCUT2D eigenvalue weighted by atomic mass is 9.71. The molecule has 2 aromatic heterocycles. The Morgan fingerprint density at radius 3 is 2.44 bits per heavy atom. The van der Waals surface area contributed by atoms with E-state index in [2.05, 4.69) is 11.1 Å². The first-order chi connectivity index (χ1) is 20.7. The van der Waals surface area contributed by atoms with Crippen molar-refractivity contribution in [3.05, 3.63) is 95.2 Å². The number of ether oxygens (including phenoxy) is 3. The maximum atomic E-state index is 13.2. The standard InChI is InChI=1S/C35H37N3O5/c1-22(2)43-32-20-27(19-31(37-32)41-6)33(28-17-26-16-23(21-36)10-11-25(26)18-30(28)40-5)35(39,13-14-38(3)4)29-9-7-8-24-12-15-42-34(24)29/h7-12,15-20,22,33,39H,13-14H2,1-6H3/t33-,35-/m1/s1. The SMILES string of the molecule is COc1cc([C@H](c2cc3cc(C#N)ccc3cc2OC)[C@@](O)(CCN(C)C)c2cccc3ccoc23)cc(OC(C)C)n1. The molecule has 0 saturated carbocycles. The normalized spacial score (nSPS) is 13.7. The molecule has 43 heavy (non-hydrogen) atoms. The van der Waals surface area contributed by atoms with Crippen molar-refractivity contribution < 1.29 is 23.7 Å². The zero-order valence-electron chi connectivity index (χ0n) is 25.4. The number of hydrogen-bond acceptors (Lipinski definition) is 8. The summed E-state index contributed by atoms with van der Waals surface area (Å²) >= 11 is 0. The Labute approximate surface area is 252 Å². The second-order valence-electron chi connectivity index (χ2n) is 11.3. The topological polar surface area (TPSA) is 101 Å². The van der Waals surface area contributed by atoms with Gasteiger partial charge < -0.3 is 28.6 Å². The molecule has 8 heteroatoms. The Kier molecular flexibility index (Phi) is 8.58. The number of nitriles is 1. The van der Waals surface area contributed by atoms with Crippen LogP contribution in [-0.2, 0) is 5.60 Å². The van der Waals surface area contributed by atoms with Gasteiger partial charge in [0, 0.05) is 41.1 Å². The first-order valence-corrected chi connectivity index (χ1v) is 14.2. The Hall–Kier alpha value is -4.58. The van der Waals surface area contributed by atoms with E-state index in [-0.39, 0.29) is 6.10 Å². The number of methoxy groups -OCH3 is 2. The van der Waals surface area contributed by atoms with E-state index >= 15 is 0 Å². The molecular weight excluding hydrogens is 542 g/mol. The largest absolute Gasteiger partial charge is 0.496 e. The third-order valence-electron chi connectivity index (χ3n) is 7.69. The van der Waals surface area contributed by atoms with Crippen LogP contribution < -0.4 is 14.2 Å². The van der Waals surface area contributed by atoms with Gasteiger partial charge in [0.1, 0.15) is 16.9 Å². The van der Waals surface area contributed by atoms with Crippen molar-refractivity contribution in [1.82, 2.24) is 9.88 Å². The molecule has 8 nitrogen and oxygen atoms in total. The zero-order valence-corrected chi connectivity index (χ0v) is 25.4. The Balaban J connectivity index is 1.88. The molecule has 0 amide bonds. The maximum absolute atomic E-state index is 13.2. The van der Waals surface area contributed by atoms with Crippen molar-refractivity contribution in [2.45, 2.75) is 37.9 Å². The second-order valence-corrected chi connectivity index (χ2v) is 11.3. The van der Waals surface area contributed by atoms with Crippen LogP contribution in [0.25, 0.3) is 21.7 Å². The van der Waals surface area contributed by atoms with E-state index in [1.807, 2.05) is 93.5 Å². The molecule has 0 aliphatic carbocycles. The summed E-state index contributed by atoms with van der Waals surface area (Å²) < 4.78 is 23.7. The first kappa shape index (κ1) is 29.9. The van der Waals surface area contributed by atoms with E-state index in [9.17, 15) is 10.4 Å². The minimum Gasteiger partial charge on any atom is -0.496 e. The van der Waals surface area contributed by atoms with Crippen molar-refractivity contribution in [3.63, 3.8) is 0 Å². The van der Waals surface area contributed by atoms with E-state index in [0.717, 1.165) is 27.3 Å². The minimum atomic E-state index is -1.50. The highest BCUT2D eigenvalue weighted by atomic mass is 16.5. The Morgan fingerprint density at radius 1 is 0.953 bits per heavy atom. The molecule has 0 fully saturated rings. The van der Waals surface area contributed by atoms with Gasteiger partial charge in [-0.15, -0.1) is 0 Å². The van der Waals surface area contributed by atoms with Crippen LogP contribution in [0, 0.1) is 11.3 Å². The molecule has 2 atom stereocenters. The monoisotopic (exact) mass is 579 g/mol. The van der Waals surface area contributed by atoms with Crippen molar-refractivity contribution in [2.75, 3.05) is 34.9 Å². The van der Waals surface area contributed by atoms with E-state index < -0.39 is 11.5 Å². The lowest BCUT2D eigenvalue weighted by Gasteiger charge is -2.39. The van der Waals surface area contributed by atoms with Crippen LogP contribution in [0.3, 0.4) is 0 Å². The van der Waals surface area contributed by atoms with Crippen LogP contribution in [0.4, 0.5) is 0 Å². The molecule has 3 aromatic carbocycles. The molecular formula is C35H37N3O5. The van der Waals surface area contributed by atoms with Crippen molar-refractivity contribution in [3.8, 4) is 23.6 Å². The maximum Gasteiger partial charge on any atom is 0.217 e. The molecule has 0 unspecified atom stereocenters. The number of benzene rings is 3. The fourth-order valence-electron chi connectivity index (χ4n) is 5.71. The molecule has 222 valence electrons. The van der Waals surface area contributed by atoms with Gasteiger partial charge in [0.05, 0.1) is 38.2 Å². The number of para-hydroxylation sites is 1. The fourth-order valence-corrected chi connectivity index (χ4v) is 5.71. The number of hydrogen-bond donors (Lipinski definition) is 1. The zero-order chi connectivity index (χ0) is 30.7. The van der Waals surface area contributed by atoms with E-state index in [4.69, 9.17) is 18.6 Å².